The molecule has 0 bridgehead atoms. The van der Waals surface area contributed by atoms with E-state index in [-0.39, 0.29) is 11.1 Å². The lowest BCUT2D eigenvalue weighted by atomic mass is 9.88. The lowest BCUT2D eigenvalue weighted by Gasteiger charge is -2.36. The van der Waals surface area contributed by atoms with E-state index in [0.717, 1.165) is 12.8 Å². The normalized spacial score (nSPS) is 22.6. The van der Waals surface area contributed by atoms with Crippen LogP contribution in [-0.4, -0.2) is 48.6 Å². The number of methoxy groups -OCH3 is 1. The van der Waals surface area contributed by atoms with E-state index < -0.39 is 10.0 Å². The van der Waals surface area contributed by atoms with Crippen molar-refractivity contribution in [3.05, 3.63) is 48.4 Å². The van der Waals surface area contributed by atoms with Crippen LogP contribution >= 0.6 is 0 Å². The summed E-state index contributed by atoms with van der Waals surface area (Å²) in [6.07, 6.45) is 4.60. The summed E-state index contributed by atoms with van der Waals surface area (Å²) in [6, 6.07) is 10.3. The zero-order valence-electron chi connectivity index (χ0n) is 14.0. The minimum Gasteiger partial charge on any atom is -0.380 e. The summed E-state index contributed by atoms with van der Waals surface area (Å²) in [5.41, 5.74) is 1.26. The minimum absolute atomic E-state index is 0.0985. The van der Waals surface area contributed by atoms with Crippen LogP contribution in [0.2, 0.25) is 0 Å². The molecule has 0 N–H and O–H groups in total. The van der Waals surface area contributed by atoms with Crippen molar-refractivity contribution in [1.29, 1.82) is 0 Å². The first-order valence-electron chi connectivity index (χ1n) is 8.05. The van der Waals surface area contributed by atoms with Crippen molar-refractivity contribution in [1.82, 2.24) is 13.9 Å². The highest BCUT2D eigenvalue weighted by Gasteiger charge is 2.36. The highest BCUT2D eigenvalue weighted by molar-refractivity contribution is 7.89. The average Bonchev–Trinajstić information content (AvgIpc) is 3.03. The number of imidazole rings is 1. The van der Waals surface area contributed by atoms with Gasteiger partial charge in [-0.1, -0.05) is 30.3 Å². The molecule has 0 saturated carbocycles. The van der Waals surface area contributed by atoms with Gasteiger partial charge < -0.3 is 9.30 Å². The van der Waals surface area contributed by atoms with Gasteiger partial charge >= 0.3 is 0 Å². The first kappa shape index (κ1) is 17.1. The smallest absolute Gasteiger partial charge is 0.262 e. The number of nitrogens with zero attached hydrogens (tertiary/aromatic N) is 3. The summed E-state index contributed by atoms with van der Waals surface area (Å²) in [5.74, 6) is 0.313. The molecule has 1 aromatic heterocycles. The fourth-order valence-electron chi connectivity index (χ4n) is 3.23. The van der Waals surface area contributed by atoms with Crippen LogP contribution in [0.4, 0.5) is 0 Å². The van der Waals surface area contributed by atoms with Gasteiger partial charge in [-0.3, -0.25) is 0 Å². The molecule has 0 unspecified atom stereocenters. The number of aromatic nitrogens is 2. The third kappa shape index (κ3) is 3.53. The van der Waals surface area contributed by atoms with Crippen molar-refractivity contribution >= 4 is 10.0 Å². The largest absolute Gasteiger partial charge is 0.380 e. The average molecular weight is 349 g/mol. The Morgan fingerprint density at radius 3 is 2.67 bits per heavy atom. The molecule has 1 aliphatic rings. The summed E-state index contributed by atoms with van der Waals surface area (Å²) in [4.78, 5) is 3.99. The van der Waals surface area contributed by atoms with Crippen molar-refractivity contribution in [3.8, 4) is 0 Å². The fourth-order valence-corrected chi connectivity index (χ4v) is 4.66. The number of ether oxygens (including phenoxy) is 1. The molecule has 3 rings (SSSR count). The topological polar surface area (TPSA) is 64.4 Å². The van der Waals surface area contributed by atoms with E-state index in [2.05, 4.69) is 17.1 Å². The summed E-state index contributed by atoms with van der Waals surface area (Å²) < 4.78 is 34.2. The second kappa shape index (κ2) is 7.04. The molecule has 7 heteroatoms. The first-order valence-corrected chi connectivity index (χ1v) is 9.49. The third-order valence-electron chi connectivity index (χ3n) is 4.59. The Bertz CT molecular complexity index is 773. The molecule has 24 heavy (non-hydrogen) atoms. The second-order valence-electron chi connectivity index (χ2n) is 6.25. The molecule has 1 aromatic carbocycles. The number of hydrogen-bond acceptors (Lipinski definition) is 4. The number of piperidine rings is 1. The maximum atomic E-state index is 12.7. The van der Waals surface area contributed by atoms with Crippen LogP contribution in [0.5, 0.6) is 0 Å². The molecule has 2 heterocycles. The molecule has 0 aliphatic carbocycles. The lowest BCUT2D eigenvalue weighted by Crippen LogP contribution is -2.47. The van der Waals surface area contributed by atoms with Gasteiger partial charge in [0, 0.05) is 33.4 Å². The Morgan fingerprint density at radius 2 is 2.04 bits per heavy atom. The van der Waals surface area contributed by atoms with Gasteiger partial charge in [-0.05, 0) is 24.3 Å². The van der Waals surface area contributed by atoms with Crippen molar-refractivity contribution in [2.75, 3.05) is 20.2 Å². The number of benzene rings is 1. The fraction of sp³-hybridized carbons (Fsp3) is 0.471. The molecule has 130 valence electrons. The predicted octanol–water partition coefficient (Wildman–Crippen LogP) is 1.69. The standard InChI is InChI=1S/C17H23N3O3S/c1-19-12-17(18-13-19)24(21,22)20-9-8-15(16(11-20)23-2)10-14-6-4-3-5-7-14/h3-7,12-13,15-16H,8-11H2,1-2H3/t15-,16-/m1/s1. The molecule has 0 spiro atoms. The van der Waals surface area contributed by atoms with Crippen molar-refractivity contribution in [2.24, 2.45) is 13.0 Å². The highest BCUT2D eigenvalue weighted by atomic mass is 32.2. The van der Waals surface area contributed by atoms with E-state index >= 15 is 0 Å². The molecule has 1 aliphatic heterocycles. The maximum Gasteiger partial charge on any atom is 0.262 e. The third-order valence-corrected chi connectivity index (χ3v) is 6.34. The van der Waals surface area contributed by atoms with E-state index in [4.69, 9.17) is 4.74 Å². The summed E-state index contributed by atoms with van der Waals surface area (Å²) in [7, 11) is -0.147. The maximum absolute atomic E-state index is 12.7. The van der Waals surface area contributed by atoms with Gasteiger partial charge in [-0.2, -0.15) is 4.31 Å². The van der Waals surface area contributed by atoms with Gasteiger partial charge in [0.05, 0.1) is 12.4 Å². The molecule has 2 aromatic rings. The van der Waals surface area contributed by atoms with Crippen molar-refractivity contribution in [3.63, 3.8) is 0 Å². The lowest BCUT2D eigenvalue weighted by molar-refractivity contribution is 0.0115. The van der Waals surface area contributed by atoms with Crippen molar-refractivity contribution in [2.45, 2.75) is 24.0 Å². The number of rotatable bonds is 5. The quantitative estimate of drug-likeness (QED) is 0.824. The molecule has 0 radical (unpaired) electrons. The van der Waals surface area contributed by atoms with Crippen LogP contribution in [0.3, 0.4) is 0 Å². The highest BCUT2D eigenvalue weighted by Crippen LogP contribution is 2.27. The SMILES string of the molecule is CO[C@@H]1CN(S(=O)(=O)c2cn(C)cn2)CC[C@@H]1Cc1ccccc1. The van der Waals surface area contributed by atoms with Gasteiger partial charge in [0.1, 0.15) is 0 Å². The molecule has 1 saturated heterocycles. The predicted molar refractivity (Wildman–Crippen MR) is 91.0 cm³/mol. The molecule has 1 fully saturated rings. The van der Waals surface area contributed by atoms with Crippen LogP contribution in [0, 0.1) is 5.92 Å². The Labute approximate surface area is 143 Å². The van der Waals surface area contributed by atoms with Gasteiger partial charge in [0.15, 0.2) is 5.03 Å². The van der Waals surface area contributed by atoms with Crippen LogP contribution < -0.4 is 0 Å². The first-order chi connectivity index (χ1) is 11.5. The van der Waals surface area contributed by atoms with E-state index in [1.807, 2.05) is 18.2 Å². The number of hydrogen-bond donors (Lipinski definition) is 0. The molecular weight excluding hydrogens is 326 g/mol. The second-order valence-corrected chi connectivity index (χ2v) is 8.14. The summed E-state index contributed by atoms with van der Waals surface area (Å²) >= 11 is 0. The Morgan fingerprint density at radius 1 is 1.29 bits per heavy atom. The van der Waals surface area contributed by atoms with E-state index in [1.165, 1.54) is 22.4 Å². The summed E-state index contributed by atoms with van der Waals surface area (Å²) in [6.45, 7) is 0.864. The molecule has 6 nitrogen and oxygen atoms in total. The Balaban J connectivity index is 1.73. The van der Waals surface area contributed by atoms with E-state index in [1.54, 1.807) is 18.7 Å². The molecular formula is C17H23N3O3S. The summed E-state index contributed by atoms with van der Waals surface area (Å²) in [5, 5.41) is 0.0985. The van der Waals surface area contributed by atoms with Gasteiger partial charge in [-0.15, -0.1) is 0 Å². The van der Waals surface area contributed by atoms with Crippen LogP contribution in [-0.2, 0) is 28.2 Å². The van der Waals surface area contributed by atoms with Crippen LogP contribution in [0.15, 0.2) is 47.9 Å². The Hall–Kier alpha value is -1.70. The van der Waals surface area contributed by atoms with Crippen LogP contribution in [0.25, 0.3) is 0 Å². The molecule has 2 atom stereocenters. The van der Waals surface area contributed by atoms with Gasteiger partial charge in [-0.25, -0.2) is 13.4 Å². The number of aryl methyl sites for hydroxylation is 1. The monoisotopic (exact) mass is 349 g/mol. The minimum atomic E-state index is -3.56. The van der Waals surface area contributed by atoms with Crippen molar-refractivity contribution < 1.29 is 13.2 Å². The van der Waals surface area contributed by atoms with Gasteiger partial charge in [0.2, 0.25) is 0 Å². The zero-order valence-corrected chi connectivity index (χ0v) is 14.8. The number of sulfonamides is 1. The van der Waals surface area contributed by atoms with Crippen LogP contribution in [0.1, 0.15) is 12.0 Å². The van der Waals surface area contributed by atoms with Gasteiger partial charge in [0.25, 0.3) is 10.0 Å². The Kier molecular flexibility index (Phi) is 5.03. The molecule has 0 amide bonds. The van der Waals surface area contributed by atoms with E-state index in [9.17, 15) is 8.42 Å². The van der Waals surface area contributed by atoms with E-state index in [0.29, 0.717) is 19.0 Å². The zero-order chi connectivity index (χ0) is 17.2.